The first kappa shape index (κ1) is 13.7. The molecule has 5 heteroatoms. The van der Waals surface area contributed by atoms with Crippen molar-refractivity contribution in [3.63, 3.8) is 0 Å². The minimum Gasteiger partial charge on any atom is -0.469 e. The summed E-state index contributed by atoms with van der Waals surface area (Å²) in [5.74, 6) is -0.300. The molecule has 0 aliphatic rings. The number of hydrogen-bond acceptors (Lipinski definition) is 3. The summed E-state index contributed by atoms with van der Waals surface area (Å²) in [4.78, 5) is 24.0. The largest absolute Gasteiger partial charge is 0.469 e. The van der Waals surface area contributed by atoms with Crippen LogP contribution in [0.15, 0.2) is 0 Å². The summed E-state index contributed by atoms with van der Waals surface area (Å²) in [6.45, 7) is 6.63. The summed E-state index contributed by atoms with van der Waals surface area (Å²) in [7, 11) is 1.34. The number of urea groups is 1. The van der Waals surface area contributed by atoms with E-state index in [9.17, 15) is 9.59 Å². The molecule has 0 saturated heterocycles. The quantitative estimate of drug-likeness (QED) is 0.697. The number of esters is 1. The maximum Gasteiger partial charge on any atom is 0.317 e. The first-order valence-corrected chi connectivity index (χ1v) is 5.13. The predicted octanol–water partition coefficient (Wildman–Crippen LogP) is 0.989. The zero-order valence-electron chi connectivity index (χ0n) is 9.87. The van der Waals surface area contributed by atoms with Crippen molar-refractivity contribution >= 4 is 12.0 Å². The van der Waals surface area contributed by atoms with Gasteiger partial charge >= 0.3 is 12.0 Å². The molecule has 0 rings (SSSR count). The van der Waals surface area contributed by atoms with Crippen molar-refractivity contribution < 1.29 is 14.3 Å². The van der Waals surface area contributed by atoms with Gasteiger partial charge in [-0.1, -0.05) is 0 Å². The van der Waals surface area contributed by atoms with E-state index in [0.29, 0.717) is 13.1 Å². The molecule has 0 heterocycles. The van der Waals surface area contributed by atoms with Gasteiger partial charge in [-0.2, -0.15) is 0 Å². The number of hydrogen-bond donors (Lipinski definition) is 1. The summed E-state index contributed by atoms with van der Waals surface area (Å²) < 4.78 is 4.51. The van der Waals surface area contributed by atoms with Gasteiger partial charge in [-0.3, -0.25) is 4.79 Å². The van der Waals surface area contributed by atoms with Crippen LogP contribution in [0.5, 0.6) is 0 Å². The molecule has 0 aromatic rings. The number of rotatable bonds is 5. The van der Waals surface area contributed by atoms with Crippen LogP contribution in [0.25, 0.3) is 0 Å². The number of nitrogens with zero attached hydrogens (tertiary/aromatic N) is 1. The number of carbonyl (C=O) groups is 2. The average molecular weight is 216 g/mol. The van der Waals surface area contributed by atoms with Crippen LogP contribution in [0.1, 0.15) is 27.2 Å². The lowest BCUT2D eigenvalue weighted by Crippen LogP contribution is -2.43. The topological polar surface area (TPSA) is 58.6 Å². The van der Waals surface area contributed by atoms with Crippen LogP contribution < -0.4 is 5.32 Å². The van der Waals surface area contributed by atoms with E-state index in [0.717, 1.165) is 0 Å². The molecule has 0 aliphatic heterocycles. The smallest absolute Gasteiger partial charge is 0.317 e. The third kappa shape index (κ3) is 5.93. The Morgan fingerprint density at radius 3 is 2.40 bits per heavy atom. The number of methoxy groups -OCH3 is 1. The summed E-state index contributed by atoms with van der Waals surface area (Å²) in [6, 6.07) is -0.0407. The monoisotopic (exact) mass is 216 g/mol. The number of nitrogens with one attached hydrogen (secondary N) is 1. The van der Waals surface area contributed by atoms with Gasteiger partial charge in [0.25, 0.3) is 0 Å². The van der Waals surface area contributed by atoms with Gasteiger partial charge < -0.3 is 15.0 Å². The van der Waals surface area contributed by atoms with Gasteiger partial charge in [-0.15, -0.1) is 0 Å². The maximum absolute atomic E-state index is 11.5. The Balaban J connectivity index is 4.01. The average Bonchev–Trinajstić information content (AvgIpc) is 2.17. The number of carbonyl (C=O) groups excluding carboxylic acids is 2. The molecule has 88 valence electrons. The zero-order chi connectivity index (χ0) is 11.8. The van der Waals surface area contributed by atoms with Gasteiger partial charge in [-0.25, -0.2) is 4.79 Å². The Morgan fingerprint density at radius 1 is 1.40 bits per heavy atom. The van der Waals surface area contributed by atoms with Gasteiger partial charge in [0.05, 0.1) is 13.5 Å². The van der Waals surface area contributed by atoms with Gasteiger partial charge in [-0.05, 0) is 20.8 Å². The normalized spacial score (nSPS) is 9.93. The van der Waals surface area contributed by atoms with Gasteiger partial charge in [0, 0.05) is 19.1 Å². The zero-order valence-corrected chi connectivity index (χ0v) is 9.87. The third-order valence-electron chi connectivity index (χ3n) is 1.89. The molecule has 5 nitrogen and oxygen atoms in total. The summed E-state index contributed by atoms with van der Waals surface area (Å²) >= 11 is 0. The van der Waals surface area contributed by atoms with E-state index >= 15 is 0 Å². The van der Waals surface area contributed by atoms with Crippen LogP contribution in [0.4, 0.5) is 4.79 Å². The Kier molecular flexibility index (Phi) is 6.49. The highest BCUT2D eigenvalue weighted by Gasteiger charge is 2.13. The maximum atomic E-state index is 11.5. The predicted molar refractivity (Wildman–Crippen MR) is 57.5 cm³/mol. The van der Waals surface area contributed by atoms with Gasteiger partial charge in [0.2, 0.25) is 0 Å². The van der Waals surface area contributed by atoms with E-state index < -0.39 is 0 Å². The fourth-order valence-electron chi connectivity index (χ4n) is 1.07. The van der Waals surface area contributed by atoms with Crippen molar-refractivity contribution in [3.05, 3.63) is 0 Å². The van der Waals surface area contributed by atoms with E-state index in [2.05, 4.69) is 10.1 Å². The molecule has 15 heavy (non-hydrogen) atoms. The van der Waals surface area contributed by atoms with E-state index in [1.165, 1.54) is 7.11 Å². The molecule has 0 atom stereocenters. The molecule has 0 bridgehead atoms. The molecule has 0 unspecified atom stereocenters. The molecule has 0 aromatic heterocycles. The Morgan fingerprint density at radius 2 is 2.00 bits per heavy atom. The third-order valence-corrected chi connectivity index (χ3v) is 1.89. The first-order chi connectivity index (χ1) is 7.01. The second kappa shape index (κ2) is 7.09. The Bertz CT molecular complexity index is 217. The molecular formula is C10H20N2O3. The molecule has 1 N–H and O–H groups in total. The van der Waals surface area contributed by atoms with Crippen LogP contribution in [0, 0.1) is 0 Å². The first-order valence-electron chi connectivity index (χ1n) is 5.13. The fourth-order valence-corrected chi connectivity index (χ4v) is 1.07. The molecule has 0 radical (unpaired) electrons. The second-order valence-electron chi connectivity index (χ2n) is 3.51. The highest BCUT2D eigenvalue weighted by Crippen LogP contribution is 1.95. The van der Waals surface area contributed by atoms with Crippen molar-refractivity contribution in [3.8, 4) is 0 Å². The molecule has 2 amide bonds. The van der Waals surface area contributed by atoms with Gasteiger partial charge in [0.15, 0.2) is 0 Å². The van der Waals surface area contributed by atoms with Crippen molar-refractivity contribution in [2.24, 2.45) is 0 Å². The highest BCUT2D eigenvalue weighted by atomic mass is 16.5. The van der Waals surface area contributed by atoms with Crippen molar-refractivity contribution in [1.82, 2.24) is 10.2 Å². The summed E-state index contributed by atoms with van der Waals surface area (Å²) in [5, 5.41) is 2.77. The van der Waals surface area contributed by atoms with E-state index in [-0.39, 0.29) is 24.5 Å². The number of amides is 2. The van der Waals surface area contributed by atoms with E-state index in [1.54, 1.807) is 4.90 Å². The van der Waals surface area contributed by atoms with Crippen molar-refractivity contribution in [1.29, 1.82) is 0 Å². The minimum absolute atomic E-state index is 0.102. The SMILES string of the molecule is CCN(CCC(=O)OC)C(=O)NC(C)C. The molecule has 0 fully saturated rings. The lowest BCUT2D eigenvalue weighted by atomic mass is 10.3. The van der Waals surface area contributed by atoms with Crippen molar-refractivity contribution in [2.45, 2.75) is 33.2 Å². The molecule has 0 aromatic carbocycles. The van der Waals surface area contributed by atoms with Crippen LogP contribution in [-0.2, 0) is 9.53 Å². The Hall–Kier alpha value is -1.26. The highest BCUT2D eigenvalue weighted by molar-refractivity contribution is 5.75. The second-order valence-corrected chi connectivity index (χ2v) is 3.51. The molecule has 0 aliphatic carbocycles. The molecular weight excluding hydrogens is 196 g/mol. The van der Waals surface area contributed by atoms with Crippen LogP contribution in [0.2, 0.25) is 0 Å². The summed E-state index contributed by atoms with van der Waals surface area (Å²) in [6.07, 6.45) is 0.232. The lowest BCUT2D eigenvalue weighted by Gasteiger charge is -2.22. The van der Waals surface area contributed by atoms with Crippen molar-refractivity contribution in [2.75, 3.05) is 20.2 Å². The Labute approximate surface area is 90.8 Å². The van der Waals surface area contributed by atoms with E-state index in [4.69, 9.17) is 0 Å². The fraction of sp³-hybridized carbons (Fsp3) is 0.800. The lowest BCUT2D eigenvalue weighted by molar-refractivity contribution is -0.140. The molecule has 0 saturated carbocycles. The molecule has 0 spiro atoms. The van der Waals surface area contributed by atoms with Crippen LogP contribution in [-0.4, -0.2) is 43.1 Å². The summed E-state index contributed by atoms with van der Waals surface area (Å²) in [5.41, 5.74) is 0. The number of ether oxygens (including phenoxy) is 1. The standard InChI is InChI=1S/C10H20N2O3/c1-5-12(7-6-9(13)15-4)10(14)11-8(2)3/h8H,5-7H2,1-4H3,(H,11,14). The van der Waals surface area contributed by atoms with E-state index in [1.807, 2.05) is 20.8 Å². The van der Waals surface area contributed by atoms with Gasteiger partial charge in [0.1, 0.15) is 0 Å². The van der Waals surface area contributed by atoms with Crippen LogP contribution in [0.3, 0.4) is 0 Å². The van der Waals surface area contributed by atoms with Crippen LogP contribution >= 0.6 is 0 Å². The minimum atomic E-state index is -0.300.